The Bertz CT molecular complexity index is 437. The standard InChI is InChI=1S/C12H15BrN2O3/c1-8(12(17)18-2)14-7-11(16)15-10-5-3-4-9(13)6-10/h3-6,8,14H,7H2,1-2H3,(H,15,16). The molecule has 18 heavy (non-hydrogen) atoms. The first-order chi connectivity index (χ1) is 8.52. The molecule has 0 aromatic heterocycles. The van der Waals surface area contributed by atoms with Gasteiger partial charge in [-0.3, -0.25) is 14.9 Å². The van der Waals surface area contributed by atoms with E-state index in [4.69, 9.17) is 0 Å². The first-order valence-electron chi connectivity index (χ1n) is 5.39. The van der Waals surface area contributed by atoms with Gasteiger partial charge in [-0.1, -0.05) is 22.0 Å². The molecule has 0 heterocycles. The highest BCUT2D eigenvalue weighted by atomic mass is 79.9. The molecule has 1 unspecified atom stereocenters. The second-order valence-corrected chi connectivity index (χ2v) is 4.60. The van der Waals surface area contributed by atoms with Gasteiger partial charge in [0.15, 0.2) is 0 Å². The minimum Gasteiger partial charge on any atom is -0.468 e. The van der Waals surface area contributed by atoms with Crippen molar-refractivity contribution in [1.82, 2.24) is 5.32 Å². The normalized spacial score (nSPS) is 11.7. The number of rotatable bonds is 5. The molecular weight excluding hydrogens is 300 g/mol. The van der Waals surface area contributed by atoms with Gasteiger partial charge in [-0.15, -0.1) is 0 Å². The van der Waals surface area contributed by atoms with E-state index in [0.717, 1.165) is 4.47 Å². The molecule has 1 rings (SSSR count). The summed E-state index contributed by atoms with van der Waals surface area (Å²) in [6.45, 7) is 1.68. The highest BCUT2D eigenvalue weighted by molar-refractivity contribution is 9.10. The lowest BCUT2D eigenvalue weighted by molar-refractivity contribution is -0.142. The quantitative estimate of drug-likeness (QED) is 0.809. The number of carbonyl (C=O) groups is 2. The van der Waals surface area contributed by atoms with Crippen LogP contribution in [0.1, 0.15) is 6.92 Å². The van der Waals surface area contributed by atoms with Crippen LogP contribution < -0.4 is 10.6 Å². The number of hydrogen-bond acceptors (Lipinski definition) is 4. The summed E-state index contributed by atoms with van der Waals surface area (Å²) in [7, 11) is 1.31. The zero-order chi connectivity index (χ0) is 13.5. The van der Waals surface area contributed by atoms with Gasteiger partial charge in [0.2, 0.25) is 5.91 Å². The van der Waals surface area contributed by atoms with Gasteiger partial charge in [-0.2, -0.15) is 0 Å². The summed E-state index contributed by atoms with van der Waals surface area (Å²) in [6.07, 6.45) is 0. The summed E-state index contributed by atoms with van der Waals surface area (Å²) >= 11 is 3.31. The van der Waals surface area contributed by atoms with Crippen LogP contribution in [0.3, 0.4) is 0 Å². The van der Waals surface area contributed by atoms with Crippen LogP contribution in [-0.2, 0) is 14.3 Å². The van der Waals surface area contributed by atoms with Gasteiger partial charge in [-0.05, 0) is 25.1 Å². The second kappa shape index (κ2) is 7.13. The van der Waals surface area contributed by atoms with Gasteiger partial charge in [-0.25, -0.2) is 0 Å². The maximum Gasteiger partial charge on any atom is 0.322 e. The van der Waals surface area contributed by atoms with Crippen LogP contribution in [0.4, 0.5) is 5.69 Å². The number of methoxy groups -OCH3 is 1. The minimum absolute atomic E-state index is 0.0444. The fourth-order valence-corrected chi connectivity index (χ4v) is 1.68. The molecule has 0 saturated carbocycles. The molecule has 1 aromatic carbocycles. The first-order valence-corrected chi connectivity index (χ1v) is 6.19. The van der Waals surface area contributed by atoms with Crippen molar-refractivity contribution < 1.29 is 14.3 Å². The molecule has 0 radical (unpaired) electrons. The highest BCUT2D eigenvalue weighted by Gasteiger charge is 2.13. The predicted molar refractivity (Wildman–Crippen MR) is 72.3 cm³/mol. The van der Waals surface area contributed by atoms with Crippen LogP contribution in [0.25, 0.3) is 0 Å². The number of esters is 1. The molecule has 1 atom stereocenters. The molecule has 0 saturated heterocycles. The molecule has 2 N–H and O–H groups in total. The minimum atomic E-state index is -0.511. The van der Waals surface area contributed by atoms with Crippen molar-refractivity contribution >= 4 is 33.5 Å². The summed E-state index contributed by atoms with van der Waals surface area (Å²) in [6, 6.07) is 6.76. The Morgan fingerprint density at radius 3 is 2.78 bits per heavy atom. The van der Waals surface area contributed by atoms with E-state index in [1.165, 1.54) is 7.11 Å². The van der Waals surface area contributed by atoms with Gasteiger partial charge in [0.05, 0.1) is 13.7 Å². The Kier molecular flexibility index (Phi) is 5.80. The van der Waals surface area contributed by atoms with E-state index in [2.05, 4.69) is 31.3 Å². The number of hydrogen-bond donors (Lipinski definition) is 2. The van der Waals surface area contributed by atoms with Crippen LogP contribution in [0.15, 0.2) is 28.7 Å². The molecule has 5 nitrogen and oxygen atoms in total. The van der Waals surface area contributed by atoms with Crippen LogP contribution in [0.5, 0.6) is 0 Å². The average Bonchev–Trinajstić information content (AvgIpc) is 2.35. The van der Waals surface area contributed by atoms with Crippen LogP contribution in [0, 0.1) is 0 Å². The van der Waals surface area contributed by atoms with E-state index in [0.29, 0.717) is 5.69 Å². The zero-order valence-electron chi connectivity index (χ0n) is 10.2. The van der Waals surface area contributed by atoms with E-state index in [9.17, 15) is 9.59 Å². The Labute approximate surface area is 114 Å². The fourth-order valence-electron chi connectivity index (χ4n) is 1.28. The lowest BCUT2D eigenvalue weighted by Crippen LogP contribution is -2.39. The molecule has 0 bridgehead atoms. The molecule has 0 fully saturated rings. The molecule has 6 heteroatoms. The highest BCUT2D eigenvalue weighted by Crippen LogP contribution is 2.15. The van der Waals surface area contributed by atoms with Crippen molar-refractivity contribution in [3.63, 3.8) is 0 Å². The van der Waals surface area contributed by atoms with Crippen molar-refractivity contribution in [3.8, 4) is 0 Å². The summed E-state index contributed by atoms with van der Waals surface area (Å²) in [5, 5.41) is 5.48. The van der Waals surface area contributed by atoms with Gasteiger partial charge in [0.25, 0.3) is 0 Å². The number of benzene rings is 1. The van der Waals surface area contributed by atoms with Gasteiger partial charge in [0, 0.05) is 10.2 Å². The number of amides is 1. The van der Waals surface area contributed by atoms with Gasteiger partial charge in [0.1, 0.15) is 6.04 Å². The maximum atomic E-state index is 11.6. The summed E-state index contributed by atoms with van der Waals surface area (Å²) in [5.74, 6) is -0.617. The molecule has 1 aromatic rings. The van der Waals surface area contributed by atoms with Crippen LogP contribution in [0.2, 0.25) is 0 Å². The molecule has 0 aliphatic heterocycles. The Morgan fingerprint density at radius 1 is 1.44 bits per heavy atom. The molecular formula is C12H15BrN2O3. The van der Waals surface area contributed by atoms with Gasteiger partial charge < -0.3 is 10.1 Å². The monoisotopic (exact) mass is 314 g/mol. The second-order valence-electron chi connectivity index (χ2n) is 3.68. The summed E-state index contributed by atoms with van der Waals surface area (Å²) in [4.78, 5) is 22.7. The number of carbonyl (C=O) groups excluding carboxylic acids is 2. The fraction of sp³-hybridized carbons (Fsp3) is 0.333. The van der Waals surface area contributed by atoms with Crippen LogP contribution >= 0.6 is 15.9 Å². The number of nitrogens with one attached hydrogen (secondary N) is 2. The smallest absolute Gasteiger partial charge is 0.322 e. The van der Waals surface area contributed by atoms with E-state index >= 15 is 0 Å². The number of halogens is 1. The van der Waals surface area contributed by atoms with Crippen molar-refractivity contribution in [2.75, 3.05) is 19.0 Å². The lowest BCUT2D eigenvalue weighted by Gasteiger charge is -2.11. The molecule has 0 aliphatic carbocycles. The largest absolute Gasteiger partial charge is 0.468 e. The van der Waals surface area contributed by atoms with Crippen molar-refractivity contribution in [1.29, 1.82) is 0 Å². The molecule has 0 spiro atoms. The average molecular weight is 315 g/mol. The third kappa shape index (κ3) is 4.85. The number of ether oxygens (including phenoxy) is 1. The van der Waals surface area contributed by atoms with Gasteiger partial charge >= 0.3 is 5.97 Å². The predicted octanol–water partition coefficient (Wildman–Crippen LogP) is 1.54. The molecule has 1 amide bonds. The third-order valence-electron chi connectivity index (χ3n) is 2.23. The van der Waals surface area contributed by atoms with Crippen molar-refractivity contribution in [2.45, 2.75) is 13.0 Å². The number of anilines is 1. The van der Waals surface area contributed by atoms with E-state index < -0.39 is 12.0 Å². The SMILES string of the molecule is COC(=O)C(C)NCC(=O)Nc1cccc(Br)c1. The topological polar surface area (TPSA) is 67.4 Å². The van der Waals surface area contributed by atoms with E-state index in [1.807, 2.05) is 12.1 Å². The zero-order valence-corrected chi connectivity index (χ0v) is 11.8. The first kappa shape index (κ1) is 14.7. The van der Waals surface area contributed by atoms with Crippen molar-refractivity contribution in [3.05, 3.63) is 28.7 Å². The maximum absolute atomic E-state index is 11.6. The Hall–Kier alpha value is -1.40. The lowest BCUT2D eigenvalue weighted by atomic mass is 10.3. The van der Waals surface area contributed by atoms with Crippen LogP contribution in [-0.4, -0.2) is 31.6 Å². The van der Waals surface area contributed by atoms with Crippen molar-refractivity contribution in [2.24, 2.45) is 0 Å². The van der Waals surface area contributed by atoms with E-state index in [1.54, 1.807) is 19.1 Å². The summed E-state index contributed by atoms with van der Waals surface area (Å²) in [5.41, 5.74) is 0.696. The Morgan fingerprint density at radius 2 is 2.17 bits per heavy atom. The molecule has 98 valence electrons. The van der Waals surface area contributed by atoms with E-state index in [-0.39, 0.29) is 12.5 Å². The molecule has 0 aliphatic rings. The third-order valence-corrected chi connectivity index (χ3v) is 2.73. The Balaban J connectivity index is 2.41. The summed E-state index contributed by atoms with van der Waals surface area (Å²) < 4.78 is 5.42.